The molecule has 106 valence electrons. The number of rotatable bonds is 6. The Hall–Kier alpha value is -1.83. The summed E-state index contributed by atoms with van der Waals surface area (Å²) in [5.74, 6) is 0.597. The molecular formula is C18H22O2. The number of carbonyl (C=O) groups is 1. The average Bonchev–Trinajstić information content (AvgIpc) is 2.47. The Labute approximate surface area is 120 Å². The molecule has 0 aliphatic rings. The molecule has 2 rings (SSSR count). The van der Waals surface area contributed by atoms with E-state index in [1.807, 2.05) is 42.5 Å². The van der Waals surface area contributed by atoms with Crippen molar-refractivity contribution in [3.05, 3.63) is 42.5 Å². The van der Waals surface area contributed by atoms with Gasteiger partial charge >= 0.3 is 5.97 Å². The number of esters is 1. The van der Waals surface area contributed by atoms with Crippen LogP contribution in [0.3, 0.4) is 0 Å². The summed E-state index contributed by atoms with van der Waals surface area (Å²) in [7, 11) is 0. The first-order valence-corrected chi connectivity index (χ1v) is 7.45. The Kier molecular flexibility index (Phi) is 5.16. The van der Waals surface area contributed by atoms with Crippen LogP contribution in [0.2, 0.25) is 0 Å². The first-order valence-electron chi connectivity index (χ1n) is 7.45. The van der Waals surface area contributed by atoms with Crippen LogP contribution in [-0.4, -0.2) is 5.97 Å². The van der Waals surface area contributed by atoms with E-state index < -0.39 is 0 Å². The van der Waals surface area contributed by atoms with E-state index in [1.54, 1.807) is 0 Å². The zero-order chi connectivity index (χ0) is 14.4. The smallest absolute Gasteiger partial charge is 0.314 e. The van der Waals surface area contributed by atoms with Crippen molar-refractivity contribution in [3.8, 4) is 5.75 Å². The Morgan fingerprint density at radius 2 is 1.65 bits per heavy atom. The highest BCUT2D eigenvalue weighted by atomic mass is 16.5. The first-order chi connectivity index (χ1) is 9.76. The lowest BCUT2D eigenvalue weighted by atomic mass is 9.98. The Morgan fingerprint density at radius 3 is 2.35 bits per heavy atom. The van der Waals surface area contributed by atoms with Gasteiger partial charge in [0.2, 0.25) is 0 Å². The molecule has 2 heteroatoms. The van der Waals surface area contributed by atoms with E-state index in [4.69, 9.17) is 4.74 Å². The minimum atomic E-state index is -0.0925. The average molecular weight is 270 g/mol. The van der Waals surface area contributed by atoms with Gasteiger partial charge in [0.25, 0.3) is 0 Å². The van der Waals surface area contributed by atoms with Gasteiger partial charge in [-0.1, -0.05) is 63.1 Å². The lowest BCUT2D eigenvalue weighted by molar-refractivity contribution is -0.139. The summed E-state index contributed by atoms with van der Waals surface area (Å²) in [5.41, 5.74) is 0. The molecule has 2 aromatic rings. The van der Waals surface area contributed by atoms with Gasteiger partial charge in [-0.3, -0.25) is 4.79 Å². The highest BCUT2D eigenvalue weighted by molar-refractivity contribution is 5.90. The number of hydrogen-bond acceptors (Lipinski definition) is 2. The molecule has 0 unspecified atom stereocenters. The summed E-state index contributed by atoms with van der Waals surface area (Å²) in [6, 6.07) is 13.8. The van der Waals surface area contributed by atoms with E-state index in [2.05, 4.69) is 13.8 Å². The van der Waals surface area contributed by atoms with Crippen LogP contribution in [0.15, 0.2) is 42.5 Å². The number of ether oxygens (including phenoxy) is 1. The third-order valence-corrected chi connectivity index (χ3v) is 3.57. The first kappa shape index (κ1) is 14.6. The minimum Gasteiger partial charge on any atom is -0.426 e. The number of hydrogen-bond donors (Lipinski definition) is 0. The van der Waals surface area contributed by atoms with Gasteiger partial charge in [-0.05, 0) is 24.3 Å². The van der Waals surface area contributed by atoms with Crippen LogP contribution in [0.5, 0.6) is 5.75 Å². The Morgan fingerprint density at radius 1 is 1.00 bits per heavy atom. The van der Waals surface area contributed by atoms with Crippen molar-refractivity contribution >= 4 is 16.7 Å². The van der Waals surface area contributed by atoms with Crippen LogP contribution in [0.4, 0.5) is 0 Å². The molecule has 0 heterocycles. The molecule has 2 aromatic carbocycles. The molecule has 2 nitrogen and oxygen atoms in total. The second-order valence-corrected chi connectivity index (χ2v) is 5.17. The van der Waals surface area contributed by atoms with Gasteiger partial charge in [-0.2, -0.15) is 0 Å². The van der Waals surface area contributed by atoms with Gasteiger partial charge < -0.3 is 4.74 Å². The van der Waals surface area contributed by atoms with Crippen LogP contribution in [0.1, 0.15) is 39.5 Å². The third kappa shape index (κ3) is 3.38. The SMILES string of the molecule is CCCC(CCC)C(=O)Oc1cccc2ccccc12. The molecule has 0 saturated heterocycles. The largest absolute Gasteiger partial charge is 0.426 e. The topological polar surface area (TPSA) is 26.3 Å². The number of benzene rings is 2. The number of fused-ring (bicyclic) bond motifs is 1. The molecule has 0 atom stereocenters. The quantitative estimate of drug-likeness (QED) is 0.547. The molecular weight excluding hydrogens is 248 g/mol. The zero-order valence-corrected chi connectivity index (χ0v) is 12.3. The second kappa shape index (κ2) is 7.09. The van der Waals surface area contributed by atoms with E-state index >= 15 is 0 Å². The molecule has 0 spiro atoms. The van der Waals surface area contributed by atoms with Crippen LogP contribution in [0.25, 0.3) is 10.8 Å². The summed E-state index contributed by atoms with van der Waals surface area (Å²) >= 11 is 0. The van der Waals surface area contributed by atoms with E-state index in [9.17, 15) is 4.79 Å². The summed E-state index contributed by atoms with van der Waals surface area (Å²) < 4.78 is 5.66. The predicted molar refractivity (Wildman–Crippen MR) is 82.9 cm³/mol. The highest BCUT2D eigenvalue weighted by Crippen LogP contribution is 2.27. The molecule has 0 aromatic heterocycles. The van der Waals surface area contributed by atoms with Crippen LogP contribution in [0, 0.1) is 5.92 Å². The van der Waals surface area contributed by atoms with Gasteiger partial charge in [-0.25, -0.2) is 0 Å². The van der Waals surface area contributed by atoms with Gasteiger partial charge in [0.15, 0.2) is 0 Å². The summed E-state index contributed by atoms with van der Waals surface area (Å²) in [6.07, 6.45) is 3.82. The van der Waals surface area contributed by atoms with Crippen LogP contribution in [-0.2, 0) is 4.79 Å². The lowest BCUT2D eigenvalue weighted by Crippen LogP contribution is -2.20. The second-order valence-electron chi connectivity index (χ2n) is 5.17. The van der Waals surface area contributed by atoms with Crippen molar-refractivity contribution < 1.29 is 9.53 Å². The maximum atomic E-state index is 12.3. The monoisotopic (exact) mass is 270 g/mol. The van der Waals surface area contributed by atoms with E-state index in [0.29, 0.717) is 5.75 Å². The highest BCUT2D eigenvalue weighted by Gasteiger charge is 2.19. The summed E-state index contributed by atoms with van der Waals surface area (Å²) in [4.78, 5) is 12.3. The van der Waals surface area contributed by atoms with Gasteiger partial charge in [0.05, 0.1) is 5.92 Å². The van der Waals surface area contributed by atoms with Crippen molar-refractivity contribution in [1.29, 1.82) is 0 Å². The fourth-order valence-corrected chi connectivity index (χ4v) is 2.55. The molecule has 0 amide bonds. The summed E-state index contributed by atoms with van der Waals surface area (Å²) in [5, 5.41) is 2.09. The maximum absolute atomic E-state index is 12.3. The van der Waals surface area contributed by atoms with Gasteiger partial charge in [-0.15, -0.1) is 0 Å². The van der Waals surface area contributed by atoms with Crippen molar-refractivity contribution in [1.82, 2.24) is 0 Å². The van der Waals surface area contributed by atoms with Crippen molar-refractivity contribution in [3.63, 3.8) is 0 Å². The summed E-state index contributed by atoms with van der Waals surface area (Å²) in [6.45, 7) is 4.21. The molecule has 0 aliphatic heterocycles. The molecule has 20 heavy (non-hydrogen) atoms. The third-order valence-electron chi connectivity index (χ3n) is 3.57. The maximum Gasteiger partial charge on any atom is 0.314 e. The van der Waals surface area contributed by atoms with Gasteiger partial charge in [0.1, 0.15) is 5.75 Å². The molecule has 0 fully saturated rings. The van der Waals surface area contributed by atoms with Crippen molar-refractivity contribution in [2.24, 2.45) is 5.92 Å². The number of carbonyl (C=O) groups excluding carboxylic acids is 1. The normalized spacial score (nSPS) is 10.9. The van der Waals surface area contributed by atoms with E-state index in [1.165, 1.54) is 0 Å². The van der Waals surface area contributed by atoms with Crippen molar-refractivity contribution in [2.75, 3.05) is 0 Å². The van der Waals surface area contributed by atoms with E-state index in [0.717, 1.165) is 36.5 Å². The molecule has 0 saturated carbocycles. The minimum absolute atomic E-state index is 0.0176. The molecule has 0 radical (unpaired) electrons. The fourth-order valence-electron chi connectivity index (χ4n) is 2.55. The van der Waals surface area contributed by atoms with Gasteiger partial charge in [0, 0.05) is 5.39 Å². The fraction of sp³-hybridized carbons (Fsp3) is 0.389. The zero-order valence-electron chi connectivity index (χ0n) is 12.3. The van der Waals surface area contributed by atoms with Crippen LogP contribution < -0.4 is 4.74 Å². The molecule has 0 bridgehead atoms. The van der Waals surface area contributed by atoms with Crippen LogP contribution >= 0.6 is 0 Å². The lowest BCUT2D eigenvalue weighted by Gasteiger charge is -2.15. The Balaban J connectivity index is 2.20. The predicted octanol–water partition coefficient (Wildman–Crippen LogP) is 4.96. The molecule has 0 aliphatic carbocycles. The standard InChI is InChI=1S/C18H22O2/c1-3-8-15(9-4-2)18(19)20-17-13-7-11-14-10-5-6-12-16(14)17/h5-7,10-13,15H,3-4,8-9H2,1-2H3. The van der Waals surface area contributed by atoms with Crippen molar-refractivity contribution in [2.45, 2.75) is 39.5 Å². The molecule has 0 N–H and O–H groups in total. The Bertz CT molecular complexity index is 563. The van der Waals surface area contributed by atoms with E-state index in [-0.39, 0.29) is 11.9 Å².